The van der Waals surface area contributed by atoms with Crippen LogP contribution in [0.15, 0.2) is 0 Å². The molecule has 0 spiro atoms. The van der Waals surface area contributed by atoms with Gasteiger partial charge in [-0.05, 0) is 27.8 Å². The average Bonchev–Trinajstić information content (AvgIpc) is 1.83. The number of hydrogen-bond donors (Lipinski definition) is 2. The van der Waals surface area contributed by atoms with Crippen LogP contribution in [0.2, 0.25) is 0 Å². The molecule has 0 aromatic rings. The number of aliphatic hydroxyl groups excluding tert-OH is 1. The summed E-state index contributed by atoms with van der Waals surface area (Å²) < 4.78 is 0. The van der Waals surface area contributed by atoms with E-state index in [4.69, 9.17) is 5.11 Å². The number of hydrogen-bond acceptors (Lipinski definition) is 3. The molecule has 1 atom stereocenters. The Balaban J connectivity index is 3.94. The maximum absolute atomic E-state index is 9.40. The van der Waals surface area contributed by atoms with E-state index in [-0.39, 0.29) is 12.6 Å². The zero-order valence-corrected chi connectivity index (χ0v) is 7.13. The van der Waals surface area contributed by atoms with Gasteiger partial charge < -0.3 is 10.2 Å². The Kier molecular flexibility index (Phi) is 3.28. The molecule has 0 aliphatic carbocycles. The van der Waals surface area contributed by atoms with Crippen molar-refractivity contribution in [1.82, 2.24) is 4.90 Å². The third-order valence-corrected chi connectivity index (χ3v) is 1.79. The molecule has 0 aliphatic heterocycles. The van der Waals surface area contributed by atoms with Gasteiger partial charge in [0.15, 0.2) is 0 Å². The molecule has 0 rings (SSSR count). The zero-order chi connectivity index (χ0) is 8.36. The molecule has 0 saturated heterocycles. The van der Waals surface area contributed by atoms with Gasteiger partial charge in [-0.15, -0.1) is 0 Å². The normalized spacial score (nSPS) is 15.9. The molecule has 10 heavy (non-hydrogen) atoms. The Morgan fingerprint density at radius 3 is 2.00 bits per heavy atom. The monoisotopic (exact) mass is 147 g/mol. The Morgan fingerprint density at radius 2 is 1.90 bits per heavy atom. The smallest absolute Gasteiger partial charge is 0.112 e. The maximum atomic E-state index is 9.40. The second kappa shape index (κ2) is 3.32. The van der Waals surface area contributed by atoms with Crippen LogP contribution in [0.1, 0.15) is 20.8 Å². The van der Waals surface area contributed by atoms with Gasteiger partial charge in [0, 0.05) is 6.04 Å². The first kappa shape index (κ1) is 9.88. The van der Waals surface area contributed by atoms with E-state index in [1.165, 1.54) is 0 Å². The number of rotatable bonds is 3. The minimum Gasteiger partial charge on any atom is -0.395 e. The summed E-state index contributed by atoms with van der Waals surface area (Å²) >= 11 is 0. The summed E-state index contributed by atoms with van der Waals surface area (Å²) in [4.78, 5) is 1.72. The van der Waals surface area contributed by atoms with Gasteiger partial charge in [0.05, 0.1) is 6.61 Å². The Hall–Kier alpha value is -0.120. The standard InChI is InChI=1S/C7H17NO2/c1-6(5-9)8(4)7(2,3)10/h6,9-10H,5H2,1-4H3/t6-/m0/s1. The molecular weight excluding hydrogens is 130 g/mol. The van der Waals surface area contributed by atoms with Crippen LogP contribution in [0.5, 0.6) is 0 Å². The SMILES string of the molecule is C[C@@H](CO)N(C)C(C)(C)O. The van der Waals surface area contributed by atoms with E-state index in [2.05, 4.69) is 0 Å². The Bertz CT molecular complexity index is 98.3. The van der Waals surface area contributed by atoms with Gasteiger partial charge in [-0.1, -0.05) is 0 Å². The number of aliphatic hydroxyl groups is 2. The van der Waals surface area contributed by atoms with Crippen molar-refractivity contribution in [1.29, 1.82) is 0 Å². The highest BCUT2D eigenvalue weighted by molar-refractivity contribution is 4.70. The van der Waals surface area contributed by atoms with E-state index < -0.39 is 5.72 Å². The van der Waals surface area contributed by atoms with Crippen LogP contribution in [-0.4, -0.2) is 40.5 Å². The minimum absolute atomic E-state index is 0.000000000000000222. The van der Waals surface area contributed by atoms with Crippen LogP contribution in [-0.2, 0) is 0 Å². The van der Waals surface area contributed by atoms with Gasteiger partial charge in [-0.25, -0.2) is 0 Å². The lowest BCUT2D eigenvalue weighted by Crippen LogP contribution is -2.47. The van der Waals surface area contributed by atoms with Crippen molar-refractivity contribution in [3.63, 3.8) is 0 Å². The molecule has 0 saturated carbocycles. The zero-order valence-electron chi connectivity index (χ0n) is 7.13. The lowest BCUT2D eigenvalue weighted by molar-refractivity contribution is -0.0901. The summed E-state index contributed by atoms with van der Waals surface area (Å²) in [7, 11) is 1.78. The number of likely N-dealkylation sites (N-methyl/N-ethyl adjacent to an activating group) is 1. The first-order chi connectivity index (χ1) is 4.39. The second-order valence-electron chi connectivity index (χ2n) is 3.14. The fourth-order valence-electron chi connectivity index (χ4n) is 0.662. The molecule has 0 heterocycles. The molecule has 2 N–H and O–H groups in total. The quantitative estimate of drug-likeness (QED) is 0.553. The van der Waals surface area contributed by atoms with Gasteiger partial charge in [0.1, 0.15) is 5.72 Å². The van der Waals surface area contributed by atoms with Gasteiger partial charge in [0.2, 0.25) is 0 Å². The van der Waals surface area contributed by atoms with Crippen LogP contribution in [0.3, 0.4) is 0 Å². The molecule has 0 aromatic heterocycles. The summed E-state index contributed by atoms with van der Waals surface area (Å²) in [6, 6.07) is -0.000000000000000222. The van der Waals surface area contributed by atoms with Gasteiger partial charge >= 0.3 is 0 Å². The number of nitrogens with zero attached hydrogens (tertiary/aromatic N) is 1. The highest BCUT2D eigenvalue weighted by Crippen LogP contribution is 2.10. The van der Waals surface area contributed by atoms with E-state index in [0.717, 1.165) is 0 Å². The third-order valence-electron chi connectivity index (χ3n) is 1.79. The van der Waals surface area contributed by atoms with E-state index in [0.29, 0.717) is 0 Å². The van der Waals surface area contributed by atoms with Crippen molar-refractivity contribution >= 4 is 0 Å². The fourth-order valence-corrected chi connectivity index (χ4v) is 0.662. The third kappa shape index (κ3) is 2.64. The van der Waals surface area contributed by atoms with Crippen molar-refractivity contribution in [2.45, 2.75) is 32.5 Å². The highest BCUT2D eigenvalue weighted by Gasteiger charge is 2.23. The van der Waals surface area contributed by atoms with Crippen molar-refractivity contribution in [2.75, 3.05) is 13.7 Å². The molecule has 0 aliphatic rings. The van der Waals surface area contributed by atoms with E-state index in [1.807, 2.05) is 6.92 Å². The van der Waals surface area contributed by atoms with Crippen LogP contribution < -0.4 is 0 Å². The van der Waals surface area contributed by atoms with Crippen LogP contribution >= 0.6 is 0 Å². The lowest BCUT2D eigenvalue weighted by Gasteiger charge is -2.34. The molecule has 0 fully saturated rings. The average molecular weight is 147 g/mol. The predicted molar refractivity (Wildman–Crippen MR) is 40.6 cm³/mol. The molecule has 0 aromatic carbocycles. The van der Waals surface area contributed by atoms with Gasteiger partial charge in [-0.3, -0.25) is 4.90 Å². The molecule has 0 bridgehead atoms. The minimum atomic E-state index is -0.845. The van der Waals surface area contributed by atoms with Crippen LogP contribution in [0, 0.1) is 0 Å². The molecular formula is C7H17NO2. The summed E-state index contributed by atoms with van der Waals surface area (Å²) in [5.41, 5.74) is -0.845. The Labute approximate surface area is 62.3 Å². The van der Waals surface area contributed by atoms with E-state index >= 15 is 0 Å². The van der Waals surface area contributed by atoms with Gasteiger partial charge in [0.25, 0.3) is 0 Å². The lowest BCUT2D eigenvalue weighted by atomic mass is 10.2. The Morgan fingerprint density at radius 1 is 1.50 bits per heavy atom. The molecule has 3 heteroatoms. The van der Waals surface area contributed by atoms with Crippen LogP contribution in [0.4, 0.5) is 0 Å². The summed E-state index contributed by atoms with van der Waals surface area (Å²) in [5.74, 6) is 0. The van der Waals surface area contributed by atoms with E-state index in [9.17, 15) is 5.11 Å². The summed E-state index contributed by atoms with van der Waals surface area (Å²) in [5, 5.41) is 18.1. The second-order valence-corrected chi connectivity index (χ2v) is 3.14. The van der Waals surface area contributed by atoms with Crippen molar-refractivity contribution in [2.24, 2.45) is 0 Å². The highest BCUT2D eigenvalue weighted by atomic mass is 16.3. The topological polar surface area (TPSA) is 43.7 Å². The molecule has 0 amide bonds. The first-order valence-corrected chi connectivity index (χ1v) is 3.45. The van der Waals surface area contributed by atoms with Crippen molar-refractivity contribution in [3.05, 3.63) is 0 Å². The molecule has 3 nitrogen and oxygen atoms in total. The molecule has 0 unspecified atom stereocenters. The first-order valence-electron chi connectivity index (χ1n) is 3.45. The maximum Gasteiger partial charge on any atom is 0.112 e. The van der Waals surface area contributed by atoms with Crippen molar-refractivity contribution < 1.29 is 10.2 Å². The molecule has 62 valence electrons. The largest absolute Gasteiger partial charge is 0.395 e. The van der Waals surface area contributed by atoms with Gasteiger partial charge in [-0.2, -0.15) is 0 Å². The van der Waals surface area contributed by atoms with E-state index in [1.54, 1.807) is 25.8 Å². The molecule has 0 radical (unpaired) electrons. The van der Waals surface area contributed by atoms with Crippen molar-refractivity contribution in [3.8, 4) is 0 Å². The van der Waals surface area contributed by atoms with Crippen LogP contribution in [0.25, 0.3) is 0 Å². The fraction of sp³-hybridized carbons (Fsp3) is 1.00. The summed E-state index contributed by atoms with van der Waals surface area (Å²) in [6.07, 6.45) is 0. The summed E-state index contributed by atoms with van der Waals surface area (Å²) in [6.45, 7) is 5.32. The predicted octanol–water partition coefficient (Wildman–Crippen LogP) is 0.0274.